The number of tetrazole rings is 1. The topological polar surface area (TPSA) is 66.5 Å². The number of nitrogens with one attached hydrogen (secondary N) is 2. The average molecular weight is 187 g/mol. The van der Waals surface area contributed by atoms with E-state index in [4.69, 9.17) is 0 Å². The molecule has 0 aliphatic rings. The van der Waals surface area contributed by atoms with Gasteiger partial charge in [-0.1, -0.05) is 5.21 Å². The maximum absolute atomic E-state index is 3.82. The van der Waals surface area contributed by atoms with Crippen molar-refractivity contribution < 1.29 is 0 Å². The summed E-state index contributed by atoms with van der Waals surface area (Å²) in [4.78, 5) is 0. The first-order chi connectivity index (χ1) is 5.93. The number of H-pyrrole nitrogens is 1. The molecule has 12 heavy (non-hydrogen) atoms. The zero-order valence-corrected chi connectivity index (χ0v) is 7.89. The smallest absolute Gasteiger partial charge is 0.188 e. The molecule has 0 saturated carbocycles. The second-order valence-electron chi connectivity index (χ2n) is 2.35. The third kappa shape index (κ3) is 3.68. The number of rotatable bonds is 6. The predicted molar refractivity (Wildman–Crippen MR) is 48.9 cm³/mol. The van der Waals surface area contributed by atoms with Crippen molar-refractivity contribution in [3.63, 3.8) is 0 Å². The normalized spacial score (nSPS) is 10.4. The van der Waals surface area contributed by atoms with Gasteiger partial charge in [-0.2, -0.15) is 17.0 Å². The van der Waals surface area contributed by atoms with E-state index in [1.165, 1.54) is 12.2 Å². The SMILES string of the molecule is CSCCCNCc1nn[nH]n1. The highest BCUT2D eigenvalue weighted by molar-refractivity contribution is 7.98. The average Bonchev–Trinajstić information content (AvgIpc) is 2.57. The largest absolute Gasteiger partial charge is 0.310 e. The molecule has 0 saturated heterocycles. The Morgan fingerprint density at radius 2 is 2.50 bits per heavy atom. The van der Waals surface area contributed by atoms with Crippen LogP contribution in [-0.2, 0) is 6.54 Å². The van der Waals surface area contributed by atoms with Crippen LogP contribution in [0.2, 0.25) is 0 Å². The summed E-state index contributed by atoms with van der Waals surface area (Å²) in [5.41, 5.74) is 0. The van der Waals surface area contributed by atoms with E-state index in [1.54, 1.807) is 0 Å². The van der Waals surface area contributed by atoms with Crippen LogP contribution < -0.4 is 5.32 Å². The van der Waals surface area contributed by atoms with Crippen LogP contribution in [0.15, 0.2) is 0 Å². The number of hydrogen-bond donors (Lipinski definition) is 2. The molecule has 0 fully saturated rings. The minimum atomic E-state index is 0.699. The van der Waals surface area contributed by atoms with Gasteiger partial charge in [-0.05, 0) is 25.0 Å². The van der Waals surface area contributed by atoms with E-state index >= 15 is 0 Å². The maximum atomic E-state index is 3.82. The van der Waals surface area contributed by atoms with Crippen molar-refractivity contribution in [1.29, 1.82) is 0 Å². The van der Waals surface area contributed by atoms with Gasteiger partial charge in [-0.25, -0.2) is 0 Å². The number of hydrogen-bond acceptors (Lipinski definition) is 5. The summed E-state index contributed by atoms with van der Waals surface area (Å²) in [6.07, 6.45) is 3.29. The summed E-state index contributed by atoms with van der Waals surface area (Å²) in [6.45, 7) is 1.71. The summed E-state index contributed by atoms with van der Waals surface area (Å²) < 4.78 is 0. The highest BCUT2D eigenvalue weighted by atomic mass is 32.2. The lowest BCUT2D eigenvalue weighted by atomic mass is 10.4. The second kappa shape index (κ2) is 5.96. The Morgan fingerprint density at radius 1 is 1.58 bits per heavy atom. The van der Waals surface area contributed by atoms with Crippen molar-refractivity contribution in [2.24, 2.45) is 0 Å². The van der Waals surface area contributed by atoms with Gasteiger partial charge in [0.05, 0.1) is 6.54 Å². The molecule has 0 aliphatic heterocycles. The van der Waals surface area contributed by atoms with Crippen LogP contribution in [0.25, 0.3) is 0 Å². The third-order valence-electron chi connectivity index (χ3n) is 1.37. The van der Waals surface area contributed by atoms with Crippen LogP contribution in [0.4, 0.5) is 0 Å². The number of aromatic nitrogens is 4. The minimum Gasteiger partial charge on any atom is -0.310 e. The number of aromatic amines is 1. The summed E-state index contributed by atoms with van der Waals surface area (Å²) in [5.74, 6) is 1.92. The fourth-order valence-electron chi connectivity index (χ4n) is 0.799. The second-order valence-corrected chi connectivity index (χ2v) is 3.34. The monoisotopic (exact) mass is 187 g/mol. The zero-order valence-electron chi connectivity index (χ0n) is 7.08. The lowest BCUT2D eigenvalue weighted by Gasteiger charge is -1.99. The van der Waals surface area contributed by atoms with Crippen molar-refractivity contribution in [1.82, 2.24) is 25.9 Å². The van der Waals surface area contributed by atoms with Gasteiger partial charge < -0.3 is 5.32 Å². The van der Waals surface area contributed by atoms with Crippen molar-refractivity contribution in [2.75, 3.05) is 18.6 Å². The molecule has 2 N–H and O–H groups in total. The molecule has 1 aromatic heterocycles. The van der Waals surface area contributed by atoms with Gasteiger partial charge in [0.15, 0.2) is 5.82 Å². The molecule has 0 aliphatic carbocycles. The molecule has 0 bridgehead atoms. The Kier molecular flexibility index (Phi) is 4.70. The Morgan fingerprint density at radius 3 is 3.17 bits per heavy atom. The van der Waals surface area contributed by atoms with Gasteiger partial charge in [-0.3, -0.25) is 0 Å². The quantitative estimate of drug-likeness (QED) is 0.616. The van der Waals surface area contributed by atoms with Gasteiger partial charge in [-0.15, -0.1) is 10.2 Å². The lowest BCUT2D eigenvalue weighted by Crippen LogP contribution is -2.16. The van der Waals surface area contributed by atoms with E-state index in [2.05, 4.69) is 32.2 Å². The molecular weight excluding hydrogens is 174 g/mol. The molecule has 0 atom stereocenters. The van der Waals surface area contributed by atoms with Gasteiger partial charge in [0.25, 0.3) is 0 Å². The first-order valence-corrected chi connectivity index (χ1v) is 5.25. The van der Waals surface area contributed by atoms with E-state index in [9.17, 15) is 0 Å². The summed E-state index contributed by atoms with van der Waals surface area (Å²) in [5, 5.41) is 16.7. The Hall–Kier alpha value is -0.620. The first-order valence-electron chi connectivity index (χ1n) is 3.85. The Labute approximate surface area is 75.7 Å². The third-order valence-corrected chi connectivity index (χ3v) is 2.07. The molecular formula is C6H13N5S. The summed E-state index contributed by atoms with van der Waals surface area (Å²) in [6, 6.07) is 0. The minimum absolute atomic E-state index is 0.699. The predicted octanol–water partition coefficient (Wildman–Crippen LogP) is 0.0424. The van der Waals surface area contributed by atoms with E-state index < -0.39 is 0 Å². The fraction of sp³-hybridized carbons (Fsp3) is 0.833. The zero-order chi connectivity index (χ0) is 8.65. The van der Waals surface area contributed by atoms with Crippen molar-refractivity contribution in [3.8, 4) is 0 Å². The van der Waals surface area contributed by atoms with Crippen LogP contribution in [-0.4, -0.2) is 39.2 Å². The van der Waals surface area contributed by atoms with Crippen LogP contribution in [0.1, 0.15) is 12.2 Å². The maximum Gasteiger partial charge on any atom is 0.188 e. The molecule has 1 aromatic rings. The molecule has 0 radical (unpaired) electrons. The van der Waals surface area contributed by atoms with Crippen molar-refractivity contribution in [3.05, 3.63) is 5.82 Å². The molecule has 0 aromatic carbocycles. The van der Waals surface area contributed by atoms with Crippen LogP contribution in [0.3, 0.4) is 0 Å². The van der Waals surface area contributed by atoms with Crippen LogP contribution in [0.5, 0.6) is 0 Å². The van der Waals surface area contributed by atoms with Crippen molar-refractivity contribution >= 4 is 11.8 Å². The highest BCUT2D eigenvalue weighted by Gasteiger charge is 1.95. The molecule has 1 rings (SSSR count). The molecule has 1 heterocycles. The molecule has 5 nitrogen and oxygen atoms in total. The van der Waals surface area contributed by atoms with Crippen molar-refractivity contribution in [2.45, 2.75) is 13.0 Å². The van der Waals surface area contributed by atoms with Gasteiger partial charge in [0.2, 0.25) is 0 Å². The number of thioether (sulfide) groups is 1. The van der Waals surface area contributed by atoms with Crippen LogP contribution >= 0.6 is 11.8 Å². The van der Waals surface area contributed by atoms with Gasteiger partial charge >= 0.3 is 0 Å². The Balaban J connectivity index is 1.96. The van der Waals surface area contributed by atoms with E-state index in [0.29, 0.717) is 6.54 Å². The lowest BCUT2D eigenvalue weighted by molar-refractivity contribution is 0.654. The van der Waals surface area contributed by atoms with E-state index in [1.807, 2.05) is 11.8 Å². The van der Waals surface area contributed by atoms with E-state index in [0.717, 1.165) is 12.4 Å². The van der Waals surface area contributed by atoms with E-state index in [-0.39, 0.29) is 0 Å². The molecule has 0 unspecified atom stereocenters. The Bertz CT molecular complexity index is 188. The molecule has 0 spiro atoms. The summed E-state index contributed by atoms with van der Waals surface area (Å²) in [7, 11) is 0. The van der Waals surface area contributed by atoms with Gasteiger partial charge in [0, 0.05) is 0 Å². The molecule has 6 heteroatoms. The molecule has 68 valence electrons. The highest BCUT2D eigenvalue weighted by Crippen LogP contribution is 1.93. The van der Waals surface area contributed by atoms with Crippen LogP contribution in [0, 0.1) is 0 Å². The number of nitrogens with zero attached hydrogens (tertiary/aromatic N) is 3. The first kappa shape index (κ1) is 9.47. The standard InChI is InChI=1S/C6H13N5S/c1-12-4-2-3-7-5-6-8-10-11-9-6/h7H,2-5H2,1H3,(H,8,9,10,11). The van der Waals surface area contributed by atoms with Gasteiger partial charge in [0.1, 0.15) is 0 Å². The summed E-state index contributed by atoms with van der Waals surface area (Å²) >= 11 is 1.86. The fourth-order valence-corrected chi connectivity index (χ4v) is 1.23. The molecule has 0 amide bonds.